The van der Waals surface area contributed by atoms with Crippen molar-refractivity contribution in [2.75, 3.05) is 19.6 Å². The molecule has 0 spiro atoms. The molecule has 1 saturated carbocycles. The van der Waals surface area contributed by atoms with Crippen LogP contribution in [0.15, 0.2) is 34.9 Å². The van der Waals surface area contributed by atoms with Gasteiger partial charge in [-0.15, -0.1) is 0 Å². The second-order valence-corrected chi connectivity index (χ2v) is 7.68. The van der Waals surface area contributed by atoms with Gasteiger partial charge < -0.3 is 14.7 Å². The maximum atomic E-state index is 14.0. The van der Waals surface area contributed by atoms with E-state index in [1.807, 2.05) is 6.92 Å². The number of carbonyl (C=O) groups excluding carboxylic acids is 1. The molecule has 3 rings (SSSR count). The van der Waals surface area contributed by atoms with Gasteiger partial charge >= 0.3 is 0 Å². The molecule has 0 aliphatic heterocycles. The van der Waals surface area contributed by atoms with Gasteiger partial charge in [-0.3, -0.25) is 4.79 Å². The highest BCUT2D eigenvalue weighted by Gasteiger charge is 2.54. The number of benzene rings is 1. The highest BCUT2D eigenvalue weighted by molar-refractivity contribution is 5.91. The lowest BCUT2D eigenvalue weighted by molar-refractivity contribution is -0.124. The van der Waals surface area contributed by atoms with Crippen LogP contribution in [0, 0.1) is 5.82 Å². The molecule has 1 atom stereocenters. The fraction of sp³-hybridized carbons (Fsp3) is 0.545. The molecule has 152 valence electrons. The van der Waals surface area contributed by atoms with Crippen LogP contribution in [0.3, 0.4) is 0 Å². The van der Waals surface area contributed by atoms with Crippen LogP contribution in [0.2, 0.25) is 0 Å². The molecular formula is C22H30FN3O2. The lowest BCUT2D eigenvalue weighted by atomic mass is 9.99. The van der Waals surface area contributed by atoms with Gasteiger partial charge in [0.2, 0.25) is 5.91 Å². The van der Waals surface area contributed by atoms with Crippen LogP contribution < -0.4 is 5.32 Å². The third kappa shape index (κ3) is 4.43. The maximum Gasteiger partial charge on any atom is 0.232 e. The summed E-state index contributed by atoms with van der Waals surface area (Å²) in [6, 6.07) is 8.23. The Hall–Kier alpha value is -2.21. The second-order valence-electron chi connectivity index (χ2n) is 7.68. The normalized spacial score (nSPS) is 16.2. The molecule has 1 aromatic carbocycles. The number of amides is 1. The molecule has 0 bridgehead atoms. The van der Waals surface area contributed by atoms with Crippen molar-refractivity contribution in [2.24, 2.45) is 0 Å². The molecule has 28 heavy (non-hydrogen) atoms. The Balaban J connectivity index is 1.59. The van der Waals surface area contributed by atoms with Crippen molar-refractivity contribution < 1.29 is 13.7 Å². The number of hydrogen-bond donors (Lipinski definition) is 1. The van der Waals surface area contributed by atoms with Gasteiger partial charge in [0.05, 0.1) is 16.7 Å². The fourth-order valence-corrected chi connectivity index (χ4v) is 3.61. The van der Waals surface area contributed by atoms with E-state index >= 15 is 0 Å². The second kappa shape index (κ2) is 8.86. The summed E-state index contributed by atoms with van der Waals surface area (Å²) in [6.45, 7) is 9.53. The average molecular weight is 387 g/mol. The minimum Gasteiger partial charge on any atom is -0.356 e. The number of carbonyl (C=O) groups is 1. The van der Waals surface area contributed by atoms with E-state index in [4.69, 9.17) is 4.52 Å². The molecule has 0 radical (unpaired) electrons. The van der Waals surface area contributed by atoms with Crippen LogP contribution in [0.1, 0.15) is 52.1 Å². The van der Waals surface area contributed by atoms with Gasteiger partial charge in [-0.25, -0.2) is 4.39 Å². The Labute approximate surface area is 166 Å². The Morgan fingerprint density at radius 1 is 1.32 bits per heavy atom. The largest absolute Gasteiger partial charge is 0.356 e. The van der Waals surface area contributed by atoms with Crippen LogP contribution in [0.5, 0.6) is 0 Å². The number of aromatic nitrogens is 1. The molecule has 1 fully saturated rings. The summed E-state index contributed by atoms with van der Waals surface area (Å²) in [5, 5.41) is 7.23. The molecular weight excluding hydrogens is 357 g/mol. The third-order valence-corrected chi connectivity index (χ3v) is 5.71. The lowest BCUT2D eigenvalue weighted by Crippen LogP contribution is -2.40. The molecule has 1 aromatic heterocycles. The summed E-state index contributed by atoms with van der Waals surface area (Å²) < 4.78 is 19.3. The molecule has 1 aliphatic carbocycles. The predicted octanol–water partition coefficient (Wildman–Crippen LogP) is 4.14. The van der Waals surface area contributed by atoms with E-state index in [0.29, 0.717) is 17.0 Å². The number of nitrogens with zero attached hydrogens (tertiary/aromatic N) is 2. The van der Waals surface area contributed by atoms with Crippen molar-refractivity contribution >= 4 is 5.91 Å². The molecule has 6 heteroatoms. The Morgan fingerprint density at radius 2 is 2.04 bits per heavy atom. The van der Waals surface area contributed by atoms with E-state index in [1.165, 1.54) is 6.07 Å². The average Bonchev–Trinajstić information content (AvgIpc) is 3.36. The van der Waals surface area contributed by atoms with Crippen molar-refractivity contribution in [1.29, 1.82) is 0 Å². The number of hydrogen-bond acceptors (Lipinski definition) is 4. The monoisotopic (exact) mass is 387 g/mol. The van der Waals surface area contributed by atoms with Crippen LogP contribution in [-0.4, -0.2) is 41.6 Å². The van der Waals surface area contributed by atoms with E-state index in [9.17, 15) is 9.18 Å². The Kier molecular flexibility index (Phi) is 6.50. The first kappa shape index (κ1) is 20.5. The molecule has 0 saturated heterocycles. The Bertz CT molecular complexity index is 797. The van der Waals surface area contributed by atoms with Crippen molar-refractivity contribution in [3.63, 3.8) is 0 Å². The minimum atomic E-state index is -0.625. The number of halogens is 1. The zero-order valence-corrected chi connectivity index (χ0v) is 17.0. The maximum absolute atomic E-state index is 14.0. The van der Waals surface area contributed by atoms with E-state index in [-0.39, 0.29) is 17.8 Å². The molecule has 1 amide bonds. The fourth-order valence-electron chi connectivity index (χ4n) is 3.61. The zero-order chi connectivity index (χ0) is 20.1. The minimum absolute atomic E-state index is 0.00350. The molecule has 1 aliphatic rings. The van der Waals surface area contributed by atoms with E-state index in [2.05, 4.69) is 29.2 Å². The van der Waals surface area contributed by atoms with Gasteiger partial charge in [0, 0.05) is 12.1 Å². The van der Waals surface area contributed by atoms with Crippen LogP contribution in [0.4, 0.5) is 4.39 Å². The van der Waals surface area contributed by atoms with Crippen molar-refractivity contribution in [3.8, 4) is 11.3 Å². The van der Waals surface area contributed by atoms with Crippen LogP contribution >= 0.6 is 0 Å². The van der Waals surface area contributed by atoms with Gasteiger partial charge in [-0.2, -0.15) is 0 Å². The quantitative estimate of drug-likeness (QED) is 0.666. The topological polar surface area (TPSA) is 58.4 Å². The summed E-state index contributed by atoms with van der Waals surface area (Å²) in [5.74, 6) is -0.00279. The lowest BCUT2D eigenvalue weighted by Gasteiger charge is -2.21. The van der Waals surface area contributed by atoms with Crippen molar-refractivity contribution in [2.45, 2.75) is 57.9 Å². The van der Waals surface area contributed by atoms with Crippen LogP contribution in [-0.2, 0) is 10.2 Å². The highest BCUT2D eigenvalue weighted by atomic mass is 19.1. The smallest absolute Gasteiger partial charge is 0.232 e. The number of nitrogens with one attached hydrogen (secondary N) is 1. The third-order valence-electron chi connectivity index (χ3n) is 5.71. The summed E-state index contributed by atoms with van der Waals surface area (Å²) in [6.07, 6.45) is 3.48. The predicted molar refractivity (Wildman–Crippen MR) is 107 cm³/mol. The summed E-state index contributed by atoms with van der Waals surface area (Å²) >= 11 is 0. The zero-order valence-electron chi connectivity index (χ0n) is 17.0. The summed E-state index contributed by atoms with van der Waals surface area (Å²) in [5.41, 5.74) is 0.334. The van der Waals surface area contributed by atoms with E-state index in [0.717, 1.165) is 45.3 Å². The van der Waals surface area contributed by atoms with Gasteiger partial charge in [0.15, 0.2) is 5.76 Å². The Morgan fingerprint density at radius 3 is 2.68 bits per heavy atom. The first-order valence-corrected chi connectivity index (χ1v) is 10.3. The standard InChI is InChI=1S/C22H30FN3O2/c1-4-26(5-2)14-8-9-16(3)24-21(27)22(12-13-22)20-15-19(28-25-20)17-10-6-7-11-18(17)23/h6-7,10-11,15-16H,4-5,8-9,12-14H2,1-3H3,(H,24,27). The summed E-state index contributed by atoms with van der Waals surface area (Å²) in [4.78, 5) is 15.3. The highest BCUT2D eigenvalue weighted by Crippen LogP contribution is 2.48. The van der Waals surface area contributed by atoms with Crippen LogP contribution in [0.25, 0.3) is 11.3 Å². The number of rotatable bonds is 10. The molecule has 1 unspecified atom stereocenters. The summed E-state index contributed by atoms with van der Waals surface area (Å²) in [7, 11) is 0. The SMILES string of the molecule is CCN(CC)CCCC(C)NC(=O)C1(c2cc(-c3ccccc3F)on2)CC1. The van der Waals surface area contributed by atoms with Crippen molar-refractivity contribution in [3.05, 3.63) is 41.8 Å². The molecule has 5 nitrogen and oxygen atoms in total. The first-order valence-electron chi connectivity index (χ1n) is 10.3. The van der Waals surface area contributed by atoms with Crippen molar-refractivity contribution in [1.82, 2.24) is 15.4 Å². The van der Waals surface area contributed by atoms with Gasteiger partial charge in [0.25, 0.3) is 0 Å². The van der Waals surface area contributed by atoms with E-state index < -0.39 is 5.41 Å². The van der Waals surface area contributed by atoms with E-state index in [1.54, 1.807) is 24.3 Å². The first-order chi connectivity index (χ1) is 13.5. The van der Waals surface area contributed by atoms with Gasteiger partial charge in [-0.1, -0.05) is 31.1 Å². The van der Waals surface area contributed by atoms with Gasteiger partial charge in [-0.05, 0) is 64.4 Å². The molecule has 2 aromatic rings. The molecule has 1 N–H and O–H groups in total. The molecule has 1 heterocycles. The van der Waals surface area contributed by atoms with Gasteiger partial charge in [0.1, 0.15) is 5.82 Å².